The van der Waals surface area contributed by atoms with Gasteiger partial charge in [0.15, 0.2) is 5.69 Å². The molecule has 1 saturated heterocycles. The first-order valence-corrected chi connectivity index (χ1v) is 9.49. The number of pyridine rings is 1. The maximum atomic E-state index is 9.67. The van der Waals surface area contributed by atoms with E-state index in [0.29, 0.717) is 22.6 Å². The maximum Gasteiger partial charge on any atom is 0.289 e. The topological polar surface area (TPSA) is 91.0 Å². The molecule has 1 fully saturated rings. The third-order valence-corrected chi connectivity index (χ3v) is 5.73. The van der Waals surface area contributed by atoms with Crippen molar-refractivity contribution in [2.75, 3.05) is 23.7 Å². The van der Waals surface area contributed by atoms with Gasteiger partial charge in [0.05, 0.1) is 0 Å². The summed E-state index contributed by atoms with van der Waals surface area (Å²) in [4.78, 5) is 5.47. The summed E-state index contributed by atoms with van der Waals surface area (Å²) in [6, 6.07) is 13.0. The van der Waals surface area contributed by atoms with Crippen molar-refractivity contribution < 1.29 is 4.98 Å². The molecule has 5 heteroatoms. The van der Waals surface area contributed by atoms with Gasteiger partial charge in [-0.3, -0.25) is 5.73 Å². The van der Waals surface area contributed by atoms with Gasteiger partial charge < -0.3 is 4.90 Å². The molecule has 28 heavy (non-hydrogen) atoms. The summed E-state index contributed by atoms with van der Waals surface area (Å²) in [6.45, 7) is 6.07. The predicted octanol–water partition coefficient (Wildman–Crippen LogP) is 3.71. The van der Waals surface area contributed by atoms with Crippen LogP contribution in [0.15, 0.2) is 29.8 Å². The van der Waals surface area contributed by atoms with E-state index in [1.807, 2.05) is 13.8 Å². The van der Waals surface area contributed by atoms with Crippen LogP contribution in [0.4, 0.5) is 11.5 Å². The Labute approximate surface area is 165 Å². The Morgan fingerprint density at radius 1 is 1.07 bits per heavy atom. The van der Waals surface area contributed by atoms with E-state index in [4.69, 9.17) is 5.73 Å². The van der Waals surface area contributed by atoms with E-state index in [-0.39, 0.29) is 0 Å². The molecule has 0 saturated carbocycles. The number of hydrogen-bond acceptors (Lipinski definition) is 4. The lowest BCUT2D eigenvalue weighted by molar-refractivity contribution is -0.364. The van der Waals surface area contributed by atoms with Gasteiger partial charge in [-0.25, -0.2) is 4.98 Å². The number of fused-ring (bicyclic) bond motifs is 1. The fourth-order valence-corrected chi connectivity index (χ4v) is 4.20. The zero-order chi connectivity index (χ0) is 19.8. The summed E-state index contributed by atoms with van der Waals surface area (Å²) in [6.07, 6.45) is 4.59. The second-order valence-electron chi connectivity index (χ2n) is 7.36. The zero-order valence-electron chi connectivity index (χ0n) is 16.1. The molecule has 3 N–H and O–H groups in total. The van der Waals surface area contributed by atoms with Crippen LogP contribution in [0.3, 0.4) is 0 Å². The number of nitrogen functional groups attached to an aromatic ring is 1. The molecule has 2 aliphatic rings. The molecular weight excluding hydrogens is 346 g/mol. The van der Waals surface area contributed by atoms with Crippen molar-refractivity contribution in [2.24, 2.45) is 0 Å². The van der Waals surface area contributed by atoms with Crippen molar-refractivity contribution in [1.29, 1.82) is 10.5 Å². The van der Waals surface area contributed by atoms with Gasteiger partial charge in [-0.2, -0.15) is 10.5 Å². The van der Waals surface area contributed by atoms with Gasteiger partial charge in [0.1, 0.15) is 23.3 Å². The van der Waals surface area contributed by atoms with E-state index in [1.54, 1.807) is 0 Å². The van der Waals surface area contributed by atoms with Gasteiger partial charge in [0.2, 0.25) is 0 Å². The Morgan fingerprint density at radius 3 is 2.36 bits per heavy atom. The number of hydrogen-bond donors (Lipinski definition) is 1. The number of nitrogens with one attached hydrogen (secondary N) is 1. The highest BCUT2D eigenvalue weighted by molar-refractivity contribution is 6.07. The van der Waals surface area contributed by atoms with E-state index in [2.05, 4.69) is 52.4 Å². The smallest absolute Gasteiger partial charge is 0.289 e. The van der Waals surface area contributed by atoms with Gasteiger partial charge >= 0.3 is 0 Å². The number of rotatable bonds is 2. The second kappa shape index (κ2) is 6.87. The minimum atomic E-state index is 0.301. The molecule has 5 nitrogen and oxygen atoms in total. The summed E-state index contributed by atoms with van der Waals surface area (Å²) in [7, 11) is 0. The number of nitrogens with zero attached hydrogens (tertiary/aromatic N) is 3. The fraction of sp³-hybridized carbons (Fsp3) is 0.261. The molecule has 0 amide bonds. The van der Waals surface area contributed by atoms with Crippen LogP contribution in [0.5, 0.6) is 0 Å². The standard InChI is InChI=1S/C23H21N5/c1-14-18(11-16-5-7-17(8-6-16)28-9-3-4-10-28)21-15(2)20(13-25)23(26)27-22(21)19(14)12-24/h5-8,11H,3-4,9-10H2,1-2H3,(H2,26,27)/p+1. The lowest BCUT2D eigenvalue weighted by Gasteiger charge is -2.17. The number of anilines is 2. The first-order valence-electron chi connectivity index (χ1n) is 9.49. The monoisotopic (exact) mass is 368 g/mol. The van der Waals surface area contributed by atoms with E-state index in [1.165, 1.54) is 18.5 Å². The number of H-pyrrole nitrogens is 1. The molecule has 1 aliphatic carbocycles. The van der Waals surface area contributed by atoms with Gasteiger partial charge in [0, 0.05) is 24.3 Å². The maximum absolute atomic E-state index is 9.67. The van der Waals surface area contributed by atoms with Crippen LogP contribution in [0.25, 0.3) is 17.2 Å². The van der Waals surface area contributed by atoms with Crippen LogP contribution in [-0.4, -0.2) is 13.1 Å². The van der Waals surface area contributed by atoms with Crippen molar-refractivity contribution in [3.63, 3.8) is 0 Å². The number of allylic oxidation sites excluding steroid dienone is 3. The normalized spacial score (nSPS) is 17.0. The summed E-state index contributed by atoms with van der Waals surface area (Å²) in [5.41, 5.74) is 13.6. The third-order valence-electron chi connectivity index (χ3n) is 5.73. The summed E-state index contributed by atoms with van der Waals surface area (Å²) in [5, 5.41) is 19.1. The molecule has 0 unspecified atom stereocenters. The molecule has 0 bridgehead atoms. The summed E-state index contributed by atoms with van der Waals surface area (Å²) < 4.78 is 0. The Morgan fingerprint density at radius 2 is 1.75 bits per heavy atom. The second-order valence-corrected chi connectivity index (χ2v) is 7.36. The van der Waals surface area contributed by atoms with Gasteiger partial charge in [-0.05, 0) is 67.2 Å². The predicted molar refractivity (Wildman–Crippen MR) is 111 cm³/mol. The van der Waals surface area contributed by atoms with Gasteiger partial charge in [-0.15, -0.1) is 0 Å². The van der Waals surface area contributed by atoms with E-state index in [9.17, 15) is 10.5 Å². The quantitative estimate of drug-likeness (QED) is 0.875. The lowest BCUT2D eigenvalue weighted by atomic mass is 9.95. The molecule has 4 rings (SSSR count). The number of aromatic nitrogens is 1. The van der Waals surface area contributed by atoms with Crippen LogP contribution in [0.2, 0.25) is 0 Å². The van der Waals surface area contributed by atoms with Crippen molar-refractivity contribution in [3.05, 3.63) is 57.8 Å². The van der Waals surface area contributed by atoms with Crippen LogP contribution >= 0.6 is 0 Å². The largest absolute Gasteiger partial charge is 0.372 e. The average molecular weight is 368 g/mol. The minimum absolute atomic E-state index is 0.301. The molecule has 138 valence electrons. The van der Waals surface area contributed by atoms with Crippen LogP contribution < -0.4 is 15.6 Å². The van der Waals surface area contributed by atoms with Crippen LogP contribution in [-0.2, 0) is 0 Å². The Balaban J connectivity index is 1.81. The highest BCUT2D eigenvalue weighted by Crippen LogP contribution is 2.42. The Hall–Kier alpha value is -3.57. The molecule has 1 aliphatic heterocycles. The first-order chi connectivity index (χ1) is 13.5. The van der Waals surface area contributed by atoms with Crippen molar-refractivity contribution >= 4 is 28.7 Å². The van der Waals surface area contributed by atoms with Crippen molar-refractivity contribution in [3.8, 4) is 12.1 Å². The fourth-order valence-electron chi connectivity index (χ4n) is 4.20. The number of aromatic amines is 1. The molecule has 0 radical (unpaired) electrons. The van der Waals surface area contributed by atoms with Crippen LogP contribution in [0.1, 0.15) is 47.7 Å². The Kier molecular flexibility index (Phi) is 4.37. The summed E-state index contributed by atoms with van der Waals surface area (Å²) >= 11 is 0. The molecule has 1 aromatic heterocycles. The molecule has 0 spiro atoms. The minimum Gasteiger partial charge on any atom is -0.372 e. The zero-order valence-corrected chi connectivity index (χ0v) is 16.1. The van der Waals surface area contributed by atoms with Crippen molar-refractivity contribution in [1.82, 2.24) is 0 Å². The first kappa shape index (κ1) is 17.8. The molecule has 0 atom stereocenters. The number of nitriles is 2. The SMILES string of the molecule is CC1=C(C#N)c2[nH+]c(N)c(C#N)c(C)c2C1=Cc1ccc(N2CCCC2)cc1. The van der Waals surface area contributed by atoms with E-state index < -0.39 is 0 Å². The lowest BCUT2D eigenvalue weighted by Crippen LogP contribution is -2.20. The summed E-state index contributed by atoms with van der Waals surface area (Å²) in [5.74, 6) is 0.301. The average Bonchev–Trinajstić information content (AvgIpc) is 3.30. The van der Waals surface area contributed by atoms with E-state index >= 15 is 0 Å². The molecule has 2 aromatic rings. The molecule has 1 aromatic carbocycles. The third kappa shape index (κ3) is 2.73. The Bertz CT molecular complexity index is 1100. The van der Waals surface area contributed by atoms with Crippen molar-refractivity contribution in [2.45, 2.75) is 26.7 Å². The highest BCUT2D eigenvalue weighted by atomic mass is 15.1. The van der Waals surface area contributed by atoms with E-state index in [0.717, 1.165) is 40.9 Å². The molecular formula is C23H22N5+. The van der Waals surface area contributed by atoms with Gasteiger partial charge in [0.25, 0.3) is 5.82 Å². The highest BCUT2D eigenvalue weighted by Gasteiger charge is 2.32. The molecule has 2 heterocycles. The number of nitrogens with two attached hydrogens (primary N) is 1. The number of benzene rings is 1. The van der Waals surface area contributed by atoms with Gasteiger partial charge in [-0.1, -0.05) is 12.1 Å². The van der Waals surface area contributed by atoms with Crippen LogP contribution in [0, 0.1) is 29.6 Å².